The van der Waals surface area contributed by atoms with Gasteiger partial charge in [-0.15, -0.1) is 0 Å². The molecule has 8 heteroatoms. The van der Waals surface area contributed by atoms with E-state index >= 15 is 0 Å². The first-order chi connectivity index (χ1) is 12.6. The van der Waals surface area contributed by atoms with Crippen molar-refractivity contribution in [1.29, 1.82) is 0 Å². The molecule has 2 N–H and O–H groups in total. The fraction of sp³-hybridized carbons (Fsp3) is 0.500. The van der Waals surface area contributed by atoms with Crippen molar-refractivity contribution >= 4 is 17.8 Å². The van der Waals surface area contributed by atoms with E-state index in [-0.39, 0.29) is 18.6 Å². The van der Waals surface area contributed by atoms with Crippen molar-refractivity contribution < 1.29 is 28.6 Å². The molecule has 1 aromatic rings. The Hall–Kier alpha value is -2.61. The lowest BCUT2D eigenvalue weighted by atomic mass is 10.2. The molecule has 0 aliphatic carbocycles. The van der Waals surface area contributed by atoms with Crippen LogP contribution in [0, 0.1) is 0 Å². The third kappa shape index (κ3) is 6.72. The van der Waals surface area contributed by atoms with Gasteiger partial charge in [-0.2, -0.15) is 0 Å². The van der Waals surface area contributed by atoms with Crippen molar-refractivity contribution in [2.24, 2.45) is 0 Å². The maximum absolute atomic E-state index is 11.9. The molecule has 2 rings (SSSR count). The molecule has 0 radical (unpaired) electrons. The Labute approximate surface area is 152 Å². The first-order valence-electron chi connectivity index (χ1n) is 8.63. The number of ether oxygens (including phenoxy) is 3. The first-order valence-corrected chi connectivity index (χ1v) is 8.63. The average molecular weight is 364 g/mol. The zero-order chi connectivity index (χ0) is 18.8. The molecule has 0 aromatic heterocycles. The molecular formula is C18H24N2O6. The van der Waals surface area contributed by atoms with E-state index in [1.165, 1.54) is 0 Å². The highest BCUT2D eigenvalue weighted by atomic mass is 16.5. The lowest BCUT2D eigenvalue weighted by Crippen LogP contribution is -2.38. The van der Waals surface area contributed by atoms with E-state index in [2.05, 4.69) is 10.6 Å². The summed E-state index contributed by atoms with van der Waals surface area (Å²) < 4.78 is 16.0. The van der Waals surface area contributed by atoms with Crippen molar-refractivity contribution in [2.75, 3.05) is 32.9 Å². The Morgan fingerprint density at radius 3 is 2.58 bits per heavy atom. The fourth-order valence-electron chi connectivity index (χ4n) is 2.36. The normalized spacial score (nSPS) is 16.0. The maximum atomic E-state index is 11.9. The number of benzene rings is 1. The van der Waals surface area contributed by atoms with Gasteiger partial charge in [-0.1, -0.05) is 0 Å². The molecule has 26 heavy (non-hydrogen) atoms. The fourth-order valence-corrected chi connectivity index (χ4v) is 2.36. The predicted molar refractivity (Wildman–Crippen MR) is 92.9 cm³/mol. The van der Waals surface area contributed by atoms with Gasteiger partial charge < -0.3 is 24.8 Å². The highest BCUT2D eigenvalue weighted by Gasteiger charge is 2.16. The lowest BCUT2D eigenvalue weighted by molar-refractivity contribution is -0.127. The monoisotopic (exact) mass is 364 g/mol. The molecule has 1 heterocycles. The molecule has 0 saturated carbocycles. The van der Waals surface area contributed by atoms with Crippen LogP contribution in [0.5, 0.6) is 5.75 Å². The van der Waals surface area contributed by atoms with Crippen LogP contribution in [-0.4, -0.2) is 56.8 Å². The van der Waals surface area contributed by atoms with Gasteiger partial charge in [0.05, 0.1) is 18.2 Å². The van der Waals surface area contributed by atoms with E-state index in [9.17, 15) is 14.4 Å². The second-order valence-electron chi connectivity index (χ2n) is 5.78. The summed E-state index contributed by atoms with van der Waals surface area (Å²) in [6.45, 7) is 2.92. The summed E-state index contributed by atoms with van der Waals surface area (Å²) in [4.78, 5) is 34.7. The Kier molecular flexibility index (Phi) is 7.88. The van der Waals surface area contributed by atoms with Crippen molar-refractivity contribution in [3.63, 3.8) is 0 Å². The predicted octanol–water partition coefficient (Wildman–Crippen LogP) is 0.654. The molecule has 1 atom stereocenters. The standard InChI is InChI=1S/C18H24N2O6/c1-2-19-16(21)10-20-17(22)12-26-18(23)13-5-7-14(8-6-13)25-11-15-4-3-9-24-15/h5-8,15H,2-4,9-12H2,1H3,(H,19,21)(H,20,22)/t15-/m0/s1. The van der Waals surface area contributed by atoms with E-state index in [1.807, 2.05) is 0 Å². The van der Waals surface area contributed by atoms with Crippen molar-refractivity contribution in [2.45, 2.75) is 25.9 Å². The number of esters is 1. The molecule has 1 fully saturated rings. The lowest BCUT2D eigenvalue weighted by Gasteiger charge is -2.11. The third-order valence-corrected chi connectivity index (χ3v) is 3.70. The molecule has 0 bridgehead atoms. The number of hydrogen-bond donors (Lipinski definition) is 2. The van der Waals surface area contributed by atoms with Crippen molar-refractivity contribution in [1.82, 2.24) is 10.6 Å². The Bertz CT molecular complexity index is 611. The first kappa shape index (κ1) is 19.7. The summed E-state index contributed by atoms with van der Waals surface area (Å²) in [6, 6.07) is 6.47. The van der Waals surface area contributed by atoms with Crippen molar-refractivity contribution in [3.8, 4) is 5.75 Å². The number of rotatable bonds is 9. The summed E-state index contributed by atoms with van der Waals surface area (Å²) in [5.74, 6) is -0.826. The van der Waals surface area contributed by atoms with Gasteiger partial charge in [-0.3, -0.25) is 9.59 Å². The average Bonchev–Trinajstić information content (AvgIpc) is 3.17. The number of carbonyl (C=O) groups is 3. The zero-order valence-corrected chi connectivity index (χ0v) is 14.8. The summed E-state index contributed by atoms with van der Waals surface area (Å²) in [7, 11) is 0. The van der Waals surface area contributed by atoms with Crippen LogP contribution in [0.15, 0.2) is 24.3 Å². The van der Waals surface area contributed by atoms with E-state index in [0.29, 0.717) is 24.5 Å². The Balaban J connectivity index is 1.69. The van der Waals surface area contributed by atoms with Crippen LogP contribution in [0.1, 0.15) is 30.1 Å². The molecule has 1 aromatic carbocycles. The third-order valence-electron chi connectivity index (χ3n) is 3.70. The smallest absolute Gasteiger partial charge is 0.338 e. The van der Waals surface area contributed by atoms with Crippen LogP contribution in [0.25, 0.3) is 0 Å². The molecular weight excluding hydrogens is 340 g/mol. The van der Waals surface area contributed by atoms with Gasteiger partial charge in [0.2, 0.25) is 5.91 Å². The summed E-state index contributed by atoms with van der Waals surface area (Å²) in [5, 5.41) is 4.91. The summed E-state index contributed by atoms with van der Waals surface area (Å²) in [6.07, 6.45) is 2.17. The molecule has 2 amide bonds. The highest BCUT2D eigenvalue weighted by molar-refractivity contribution is 5.92. The van der Waals surface area contributed by atoms with Gasteiger partial charge in [0.15, 0.2) is 6.61 Å². The molecule has 142 valence electrons. The zero-order valence-electron chi connectivity index (χ0n) is 14.8. The molecule has 1 aliphatic rings. The number of nitrogens with one attached hydrogen (secondary N) is 2. The maximum Gasteiger partial charge on any atom is 0.338 e. The number of amides is 2. The molecule has 0 spiro atoms. The number of hydrogen-bond acceptors (Lipinski definition) is 6. The molecule has 8 nitrogen and oxygen atoms in total. The van der Waals surface area contributed by atoms with Crippen LogP contribution in [0.3, 0.4) is 0 Å². The van der Waals surface area contributed by atoms with E-state index in [4.69, 9.17) is 14.2 Å². The van der Waals surface area contributed by atoms with Crippen LogP contribution >= 0.6 is 0 Å². The minimum Gasteiger partial charge on any atom is -0.491 e. The molecule has 1 saturated heterocycles. The summed E-state index contributed by atoms with van der Waals surface area (Å²) in [5.41, 5.74) is 0.311. The van der Waals surface area contributed by atoms with Crippen LogP contribution in [-0.2, 0) is 19.1 Å². The quantitative estimate of drug-likeness (QED) is 0.624. The van der Waals surface area contributed by atoms with E-state index < -0.39 is 18.5 Å². The Morgan fingerprint density at radius 2 is 1.92 bits per heavy atom. The van der Waals surface area contributed by atoms with E-state index in [1.54, 1.807) is 31.2 Å². The van der Waals surface area contributed by atoms with Crippen LogP contribution < -0.4 is 15.4 Å². The topological polar surface area (TPSA) is 103 Å². The van der Waals surface area contributed by atoms with E-state index in [0.717, 1.165) is 19.4 Å². The van der Waals surface area contributed by atoms with Gasteiger partial charge >= 0.3 is 5.97 Å². The highest BCUT2D eigenvalue weighted by Crippen LogP contribution is 2.17. The largest absolute Gasteiger partial charge is 0.491 e. The van der Waals surface area contributed by atoms with Gasteiger partial charge in [0.1, 0.15) is 12.4 Å². The minimum atomic E-state index is -0.621. The minimum absolute atomic E-state index is 0.123. The number of likely N-dealkylation sites (N-methyl/N-ethyl adjacent to an activating group) is 1. The van der Waals surface area contributed by atoms with Gasteiger partial charge in [-0.05, 0) is 44.0 Å². The van der Waals surface area contributed by atoms with Crippen molar-refractivity contribution in [3.05, 3.63) is 29.8 Å². The molecule has 0 unspecified atom stereocenters. The Morgan fingerprint density at radius 1 is 1.15 bits per heavy atom. The summed E-state index contributed by atoms with van der Waals surface area (Å²) >= 11 is 0. The van der Waals surface area contributed by atoms with Gasteiger partial charge in [0, 0.05) is 13.2 Å². The van der Waals surface area contributed by atoms with Gasteiger partial charge in [0.25, 0.3) is 5.91 Å². The SMILES string of the molecule is CCNC(=O)CNC(=O)COC(=O)c1ccc(OC[C@@H]2CCCO2)cc1. The number of carbonyl (C=O) groups excluding carboxylic acids is 3. The van der Waals surface area contributed by atoms with Crippen LogP contribution in [0.4, 0.5) is 0 Å². The van der Waals surface area contributed by atoms with Gasteiger partial charge in [-0.25, -0.2) is 4.79 Å². The van der Waals surface area contributed by atoms with Crippen LogP contribution in [0.2, 0.25) is 0 Å². The molecule has 1 aliphatic heterocycles. The second-order valence-corrected chi connectivity index (χ2v) is 5.78. The second kappa shape index (κ2) is 10.4.